The number of alkyl halides is 2. The van der Waals surface area contributed by atoms with Crippen LogP contribution in [0.3, 0.4) is 0 Å². The van der Waals surface area contributed by atoms with Gasteiger partial charge in [-0.3, -0.25) is 4.98 Å². The maximum Gasteiger partial charge on any atom is 0.387 e. The molecule has 2 aromatic rings. The highest BCUT2D eigenvalue weighted by Crippen LogP contribution is 2.36. The van der Waals surface area contributed by atoms with Crippen molar-refractivity contribution < 1.29 is 23.4 Å². The second kappa shape index (κ2) is 7.97. The quantitative estimate of drug-likeness (QED) is 0.749. The fraction of sp³-hybridized carbons (Fsp3) is 0.389. The van der Waals surface area contributed by atoms with Gasteiger partial charge in [0.1, 0.15) is 0 Å². The summed E-state index contributed by atoms with van der Waals surface area (Å²) in [5.74, 6) is 0.640. The summed E-state index contributed by atoms with van der Waals surface area (Å²) in [5.41, 5.74) is 1.29. The molecule has 25 heavy (non-hydrogen) atoms. The summed E-state index contributed by atoms with van der Waals surface area (Å²) >= 11 is 6.06. The van der Waals surface area contributed by atoms with Crippen LogP contribution in [-0.4, -0.2) is 23.3 Å². The normalized spacial score (nSPS) is 15.2. The van der Waals surface area contributed by atoms with E-state index in [-0.39, 0.29) is 17.9 Å². The number of aromatic nitrogens is 1. The molecule has 1 aliphatic rings. The number of aliphatic hydroxyl groups excluding tert-OH is 1. The summed E-state index contributed by atoms with van der Waals surface area (Å²) in [6.07, 6.45) is 4.68. The largest absolute Gasteiger partial charge is 0.489 e. The summed E-state index contributed by atoms with van der Waals surface area (Å²) in [6, 6.07) is 6.20. The average molecular weight is 370 g/mol. The smallest absolute Gasteiger partial charge is 0.387 e. The Morgan fingerprint density at radius 2 is 2.04 bits per heavy atom. The van der Waals surface area contributed by atoms with E-state index < -0.39 is 12.7 Å². The first-order valence-corrected chi connectivity index (χ1v) is 8.38. The van der Waals surface area contributed by atoms with E-state index in [1.165, 1.54) is 12.3 Å². The van der Waals surface area contributed by atoms with Crippen LogP contribution in [0.25, 0.3) is 0 Å². The van der Waals surface area contributed by atoms with Crippen molar-refractivity contribution >= 4 is 11.6 Å². The maximum absolute atomic E-state index is 12.6. The van der Waals surface area contributed by atoms with Crippen LogP contribution < -0.4 is 9.47 Å². The van der Waals surface area contributed by atoms with E-state index in [2.05, 4.69) is 9.72 Å². The Morgan fingerprint density at radius 1 is 1.24 bits per heavy atom. The van der Waals surface area contributed by atoms with E-state index in [1.54, 1.807) is 24.4 Å². The molecule has 0 aliphatic heterocycles. The van der Waals surface area contributed by atoms with E-state index in [1.807, 2.05) is 0 Å². The second-order valence-corrected chi connectivity index (χ2v) is 6.43. The molecule has 1 aromatic carbocycles. The van der Waals surface area contributed by atoms with Crippen LogP contribution in [0.5, 0.6) is 11.5 Å². The minimum absolute atomic E-state index is 0.0338. The molecule has 3 rings (SSSR count). The lowest BCUT2D eigenvalue weighted by Gasteiger charge is -2.16. The van der Waals surface area contributed by atoms with Crippen LogP contribution in [0, 0.1) is 5.92 Å². The van der Waals surface area contributed by atoms with Crippen LogP contribution in [0.2, 0.25) is 5.02 Å². The van der Waals surface area contributed by atoms with Gasteiger partial charge in [-0.05, 0) is 48.1 Å². The number of hydrogen-bond donors (Lipinski definition) is 1. The van der Waals surface area contributed by atoms with Crippen LogP contribution in [0.4, 0.5) is 8.78 Å². The highest BCUT2D eigenvalue weighted by atomic mass is 35.5. The molecule has 0 saturated heterocycles. The molecular formula is C18H18ClF2NO3. The first-order valence-electron chi connectivity index (χ1n) is 8.01. The van der Waals surface area contributed by atoms with Crippen molar-refractivity contribution in [2.75, 3.05) is 6.61 Å². The van der Waals surface area contributed by atoms with Crippen molar-refractivity contribution in [2.45, 2.75) is 32.0 Å². The van der Waals surface area contributed by atoms with Crippen molar-refractivity contribution in [3.05, 3.63) is 52.8 Å². The van der Waals surface area contributed by atoms with Crippen molar-refractivity contribution in [1.82, 2.24) is 4.98 Å². The molecule has 1 atom stereocenters. The predicted molar refractivity (Wildman–Crippen MR) is 89.2 cm³/mol. The molecule has 0 amide bonds. The second-order valence-electron chi connectivity index (χ2n) is 6.03. The summed E-state index contributed by atoms with van der Waals surface area (Å²) in [4.78, 5) is 3.90. The van der Waals surface area contributed by atoms with Gasteiger partial charge in [0.2, 0.25) is 0 Å². The fourth-order valence-corrected chi connectivity index (χ4v) is 2.62. The minimum Gasteiger partial charge on any atom is -0.489 e. The first kappa shape index (κ1) is 17.9. The molecular weight excluding hydrogens is 352 g/mol. The standard InChI is InChI=1S/C18H18ClF2NO3/c19-14-9-22-6-5-12(14)7-15(23)13-3-4-16(25-18(20)21)17(8-13)24-10-11-1-2-11/h3-6,8-9,11,15,18,23H,1-2,7,10H2. The zero-order chi connectivity index (χ0) is 17.8. The number of rotatable bonds is 8. The van der Waals surface area contributed by atoms with Crippen LogP contribution >= 0.6 is 11.6 Å². The Bertz CT molecular complexity index is 725. The highest BCUT2D eigenvalue weighted by molar-refractivity contribution is 6.31. The third-order valence-electron chi connectivity index (χ3n) is 4.01. The van der Waals surface area contributed by atoms with Gasteiger partial charge in [-0.25, -0.2) is 0 Å². The Morgan fingerprint density at radius 3 is 2.72 bits per heavy atom. The predicted octanol–water partition coefficient (Wildman–Crippen LogP) is 4.40. The van der Waals surface area contributed by atoms with Crippen molar-refractivity contribution in [3.63, 3.8) is 0 Å². The van der Waals surface area contributed by atoms with Crippen molar-refractivity contribution in [2.24, 2.45) is 5.92 Å². The zero-order valence-electron chi connectivity index (χ0n) is 13.4. The Kier molecular flexibility index (Phi) is 5.71. The summed E-state index contributed by atoms with van der Waals surface area (Å²) in [5, 5.41) is 10.9. The third kappa shape index (κ3) is 5.03. The first-order chi connectivity index (χ1) is 12.0. The topological polar surface area (TPSA) is 51.6 Å². The average Bonchev–Trinajstić information content (AvgIpc) is 3.40. The molecule has 0 bridgehead atoms. The van der Waals surface area contributed by atoms with Gasteiger partial charge in [-0.2, -0.15) is 8.78 Å². The number of nitrogens with zero attached hydrogens (tertiary/aromatic N) is 1. The van der Waals surface area contributed by atoms with Gasteiger partial charge in [-0.15, -0.1) is 0 Å². The van der Waals surface area contributed by atoms with Gasteiger partial charge in [0.05, 0.1) is 17.7 Å². The lowest BCUT2D eigenvalue weighted by molar-refractivity contribution is -0.0515. The van der Waals surface area contributed by atoms with E-state index in [4.69, 9.17) is 16.3 Å². The Hall–Kier alpha value is -1.92. The summed E-state index contributed by atoms with van der Waals surface area (Å²) in [6.45, 7) is -2.48. The van der Waals surface area contributed by atoms with E-state index in [0.717, 1.165) is 18.4 Å². The van der Waals surface area contributed by atoms with E-state index in [0.29, 0.717) is 23.1 Å². The van der Waals surface area contributed by atoms with Gasteiger partial charge in [0.25, 0.3) is 0 Å². The SMILES string of the molecule is OC(Cc1ccncc1Cl)c1ccc(OC(F)F)c(OCC2CC2)c1. The highest BCUT2D eigenvalue weighted by Gasteiger charge is 2.23. The van der Waals surface area contributed by atoms with Crippen molar-refractivity contribution in [3.8, 4) is 11.5 Å². The molecule has 1 N–H and O–H groups in total. The van der Waals surface area contributed by atoms with Crippen LogP contribution in [0.1, 0.15) is 30.1 Å². The molecule has 1 heterocycles. The van der Waals surface area contributed by atoms with Gasteiger partial charge in [-0.1, -0.05) is 17.7 Å². The molecule has 0 radical (unpaired) electrons. The summed E-state index contributed by atoms with van der Waals surface area (Å²) in [7, 11) is 0. The molecule has 7 heteroatoms. The molecule has 1 aliphatic carbocycles. The molecule has 134 valence electrons. The molecule has 1 aromatic heterocycles. The number of pyridine rings is 1. The molecule has 1 saturated carbocycles. The van der Waals surface area contributed by atoms with Gasteiger partial charge < -0.3 is 14.6 Å². The number of benzene rings is 1. The number of halogens is 3. The monoisotopic (exact) mass is 369 g/mol. The molecule has 1 unspecified atom stereocenters. The Labute approximate surface area is 149 Å². The number of ether oxygens (including phenoxy) is 2. The van der Waals surface area contributed by atoms with Gasteiger partial charge >= 0.3 is 6.61 Å². The lowest BCUT2D eigenvalue weighted by atomic mass is 10.0. The fourth-order valence-electron chi connectivity index (χ4n) is 2.43. The minimum atomic E-state index is -2.94. The number of hydrogen-bond acceptors (Lipinski definition) is 4. The summed E-state index contributed by atoms with van der Waals surface area (Å²) < 4.78 is 35.2. The van der Waals surface area contributed by atoms with Gasteiger partial charge in [0.15, 0.2) is 11.5 Å². The molecule has 4 nitrogen and oxygen atoms in total. The van der Waals surface area contributed by atoms with Gasteiger partial charge in [0, 0.05) is 18.8 Å². The van der Waals surface area contributed by atoms with Crippen LogP contribution in [0.15, 0.2) is 36.7 Å². The maximum atomic E-state index is 12.6. The lowest BCUT2D eigenvalue weighted by Crippen LogP contribution is -2.08. The molecule has 0 spiro atoms. The van der Waals surface area contributed by atoms with E-state index >= 15 is 0 Å². The van der Waals surface area contributed by atoms with Crippen molar-refractivity contribution in [1.29, 1.82) is 0 Å². The zero-order valence-corrected chi connectivity index (χ0v) is 14.1. The third-order valence-corrected chi connectivity index (χ3v) is 4.35. The van der Waals surface area contributed by atoms with Crippen LogP contribution in [-0.2, 0) is 6.42 Å². The molecule has 1 fully saturated rings. The van der Waals surface area contributed by atoms with E-state index in [9.17, 15) is 13.9 Å². The Balaban J connectivity index is 1.77. The number of aliphatic hydroxyl groups is 1.